The minimum absolute atomic E-state index is 0.00819. The van der Waals surface area contributed by atoms with Gasteiger partial charge in [-0.05, 0) is 23.8 Å². The Morgan fingerprint density at radius 1 is 1.62 bits per heavy atom. The largest absolute Gasteiger partial charge is 0.481 e. The van der Waals surface area contributed by atoms with Crippen molar-refractivity contribution in [2.24, 2.45) is 5.92 Å². The van der Waals surface area contributed by atoms with Gasteiger partial charge in [0.1, 0.15) is 0 Å². The van der Waals surface area contributed by atoms with Crippen molar-refractivity contribution in [1.82, 2.24) is 5.32 Å². The fraction of sp³-hybridized carbons (Fsp3) is 0.455. The minimum Gasteiger partial charge on any atom is -0.481 e. The molecule has 1 fully saturated rings. The second-order valence-corrected chi connectivity index (χ2v) is 4.94. The molecule has 2 N–H and O–H groups in total. The number of thiophene rings is 1. The number of aliphatic carboxylic acids is 1. The molecule has 1 aromatic heterocycles. The molecule has 0 saturated carbocycles. The number of piperidine rings is 1. The van der Waals surface area contributed by atoms with Crippen molar-refractivity contribution in [3.05, 3.63) is 22.4 Å². The number of carbonyl (C=O) groups excluding carboxylic acids is 1. The molecule has 1 saturated heterocycles. The lowest BCUT2D eigenvalue weighted by Crippen LogP contribution is -2.38. The molecule has 0 bridgehead atoms. The van der Waals surface area contributed by atoms with Gasteiger partial charge in [-0.25, -0.2) is 0 Å². The molecular weight excluding hydrogens is 226 g/mol. The number of carboxylic acid groups (broad SMARTS) is 1. The van der Waals surface area contributed by atoms with Crippen LogP contribution in [0.4, 0.5) is 0 Å². The van der Waals surface area contributed by atoms with E-state index in [9.17, 15) is 9.59 Å². The van der Waals surface area contributed by atoms with Crippen LogP contribution in [0.3, 0.4) is 0 Å². The smallest absolute Gasteiger partial charge is 0.303 e. The number of rotatable bonds is 3. The first kappa shape index (κ1) is 11.1. The summed E-state index contributed by atoms with van der Waals surface area (Å²) in [7, 11) is 0. The molecule has 4 nitrogen and oxygen atoms in total. The lowest BCUT2D eigenvalue weighted by Gasteiger charge is -2.30. The van der Waals surface area contributed by atoms with E-state index in [2.05, 4.69) is 5.32 Å². The molecule has 1 aromatic rings. The fourth-order valence-electron chi connectivity index (χ4n) is 2.06. The molecule has 1 aliphatic heterocycles. The lowest BCUT2D eigenvalue weighted by molar-refractivity contribution is -0.139. The molecule has 1 aliphatic rings. The van der Waals surface area contributed by atoms with Gasteiger partial charge in [-0.15, -0.1) is 11.3 Å². The lowest BCUT2D eigenvalue weighted by atomic mass is 9.87. The zero-order valence-corrected chi connectivity index (χ0v) is 9.50. The van der Waals surface area contributed by atoms with Gasteiger partial charge in [-0.3, -0.25) is 9.59 Å². The Labute approximate surface area is 97.3 Å². The predicted molar refractivity (Wildman–Crippen MR) is 60.2 cm³/mol. The van der Waals surface area contributed by atoms with Crippen LogP contribution < -0.4 is 5.32 Å². The second-order valence-electron chi connectivity index (χ2n) is 3.96. The third-order valence-electron chi connectivity index (χ3n) is 2.82. The van der Waals surface area contributed by atoms with Gasteiger partial charge in [0.2, 0.25) is 5.91 Å². The van der Waals surface area contributed by atoms with Gasteiger partial charge in [0.05, 0.1) is 12.5 Å². The van der Waals surface area contributed by atoms with Crippen molar-refractivity contribution in [2.75, 3.05) is 0 Å². The standard InChI is InChI=1S/C11H13NO3S/c13-9-4-3-7(6-10(14)15)11(12-9)8-2-1-5-16-8/h1-2,5,7,11H,3-4,6H2,(H,12,13)(H,14,15)/t7-,11+/m1/s1. The number of carbonyl (C=O) groups is 2. The van der Waals surface area contributed by atoms with Gasteiger partial charge in [-0.2, -0.15) is 0 Å². The maximum absolute atomic E-state index is 11.3. The molecule has 2 rings (SSSR count). The molecule has 16 heavy (non-hydrogen) atoms. The highest BCUT2D eigenvalue weighted by Gasteiger charge is 2.31. The van der Waals surface area contributed by atoms with Crippen molar-refractivity contribution in [3.63, 3.8) is 0 Å². The average Bonchev–Trinajstić information content (AvgIpc) is 2.73. The molecule has 86 valence electrons. The molecule has 0 radical (unpaired) electrons. The van der Waals surface area contributed by atoms with Crippen LogP contribution in [0, 0.1) is 5.92 Å². The van der Waals surface area contributed by atoms with Crippen molar-refractivity contribution >= 4 is 23.2 Å². The second kappa shape index (κ2) is 4.65. The van der Waals surface area contributed by atoms with E-state index < -0.39 is 5.97 Å². The van der Waals surface area contributed by atoms with Crippen LogP contribution in [0.5, 0.6) is 0 Å². The fourth-order valence-corrected chi connectivity index (χ4v) is 2.93. The first-order chi connectivity index (χ1) is 7.66. The number of amides is 1. The summed E-state index contributed by atoms with van der Waals surface area (Å²) in [5, 5.41) is 13.7. The average molecular weight is 239 g/mol. The highest BCUT2D eigenvalue weighted by atomic mass is 32.1. The van der Waals surface area contributed by atoms with E-state index in [1.54, 1.807) is 11.3 Å². The third kappa shape index (κ3) is 2.41. The van der Waals surface area contributed by atoms with Crippen LogP contribution in [0.25, 0.3) is 0 Å². The van der Waals surface area contributed by atoms with E-state index in [-0.39, 0.29) is 24.3 Å². The van der Waals surface area contributed by atoms with Crippen LogP contribution in [0.1, 0.15) is 30.2 Å². The summed E-state index contributed by atoms with van der Waals surface area (Å²) >= 11 is 1.55. The summed E-state index contributed by atoms with van der Waals surface area (Å²) in [4.78, 5) is 23.1. The summed E-state index contributed by atoms with van der Waals surface area (Å²) in [6, 6.07) is 3.73. The van der Waals surface area contributed by atoms with Crippen molar-refractivity contribution < 1.29 is 14.7 Å². The van der Waals surface area contributed by atoms with Crippen LogP contribution in [-0.4, -0.2) is 17.0 Å². The molecule has 0 unspecified atom stereocenters. The van der Waals surface area contributed by atoms with Gasteiger partial charge in [0, 0.05) is 11.3 Å². The SMILES string of the molecule is O=C(O)C[C@H]1CCC(=O)N[C@@H]1c1cccs1. The molecule has 0 aromatic carbocycles. The topological polar surface area (TPSA) is 66.4 Å². The van der Waals surface area contributed by atoms with Crippen LogP contribution >= 0.6 is 11.3 Å². The van der Waals surface area contributed by atoms with Gasteiger partial charge < -0.3 is 10.4 Å². The molecule has 5 heteroatoms. The normalized spacial score (nSPS) is 25.1. The van der Waals surface area contributed by atoms with Gasteiger partial charge in [0.15, 0.2) is 0 Å². The zero-order valence-electron chi connectivity index (χ0n) is 8.68. The van der Waals surface area contributed by atoms with Crippen LogP contribution in [-0.2, 0) is 9.59 Å². The molecule has 2 heterocycles. The van der Waals surface area contributed by atoms with Gasteiger partial charge >= 0.3 is 5.97 Å². The molecule has 0 spiro atoms. The Bertz CT molecular complexity index is 388. The quantitative estimate of drug-likeness (QED) is 0.845. The van der Waals surface area contributed by atoms with Crippen LogP contribution in [0.2, 0.25) is 0 Å². The number of nitrogens with one attached hydrogen (secondary N) is 1. The van der Waals surface area contributed by atoms with E-state index in [0.717, 1.165) is 4.88 Å². The van der Waals surface area contributed by atoms with E-state index in [1.807, 2.05) is 17.5 Å². The Balaban J connectivity index is 2.15. The van der Waals surface area contributed by atoms with E-state index in [1.165, 1.54) is 0 Å². The minimum atomic E-state index is -0.803. The number of hydrogen-bond acceptors (Lipinski definition) is 3. The summed E-state index contributed by atoms with van der Waals surface area (Å²) in [6.45, 7) is 0. The highest BCUT2D eigenvalue weighted by Crippen LogP contribution is 2.34. The van der Waals surface area contributed by atoms with E-state index >= 15 is 0 Å². The number of carboxylic acids is 1. The van der Waals surface area contributed by atoms with Crippen molar-refractivity contribution in [2.45, 2.75) is 25.3 Å². The third-order valence-corrected chi connectivity index (χ3v) is 3.77. The zero-order chi connectivity index (χ0) is 11.5. The van der Waals surface area contributed by atoms with E-state index in [0.29, 0.717) is 12.8 Å². The molecule has 1 amide bonds. The predicted octanol–water partition coefficient (Wildman–Crippen LogP) is 1.79. The maximum atomic E-state index is 11.3. The van der Waals surface area contributed by atoms with E-state index in [4.69, 9.17) is 5.11 Å². The van der Waals surface area contributed by atoms with Gasteiger partial charge in [-0.1, -0.05) is 6.07 Å². The van der Waals surface area contributed by atoms with Crippen molar-refractivity contribution in [1.29, 1.82) is 0 Å². The Morgan fingerprint density at radius 2 is 2.44 bits per heavy atom. The summed E-state index contributed by atoms with van der Waals surface area (Å²) in [5.41, 5.74) is 0. The van der Waals surface area contributed by atoms with Gasteiger partial charge in [0.25, 0.3) is 0 Å². The molecular formula is C11H13NO3S. The molecule has 2 atom stereocenters. The molecule has 0 aliphatic carbocycles. The summed E-state index contributed by atoms with van der Waals surface area (Å²) in [6.07, 6.45) is 1.20. The Hall–Kier alpha value is -1.36. The summed E-state index contributed by atoms with van der Waals surface area (Å²) in [5.74, 6) is -0.781. The summed E-state index contributed by atoms with van der Waals surface area (Å²) < 4.78 is 0. The Morgan fingerprint density at radius 3 is 3.06 bits per heavy atom. The maximum Gasteiger partial charge on any atom is 0.303 e. The highest BCUT2D eigenvalue weighted by molar-refractivity contribution is 7.10. The first-order valence-electron chi connectivity index (χ1n) is 5.21. The Kier molecular flexibility index (Phi) is 3.24. The monoisotopic (exact) mass is 239 g/mol. The number of hydrogen-bond donors (Lipinski definition) is 2. The first-order valence-corrected chi connectivity index (χ1v) is 6.09. The van der Waals surface area contributed by atoms with Crippen molar-refractivity contribution in [3.8, 4) is 0 Å². The van der Waals surface area contributed by atoms with Crippen LogP contribution in [0.15, 0.2) is 17.5 Å².